The van der Waals surface area contributed by atoms with Gasteiger partial charge in [-0.3, -0.25) is 4.90 Å². The minimum Gasteiger partial charge on any atom is -0.313 e. The first kappa shape index (κ1) is 11.4. The lowest BCUT2D eigenvalue weighted by Gasteiger charge is -2.35. The van der Waals surface area contributed by atoms with E-state index in [4.69, 9.17) is 0 Å². The van der Waals surface area contributed by atoms with Crippen LogP contribution in [0.1, 0.15) is 51.9 Å². The van der Waals surface area contributed by atoms with Crippen LogP contribution in [0.25, 0.3) is 0 Å². The van der Waals surface area contributed by atoms with E-state index in [-0.39, 0.29) is 0 Å². The Hall–Kier alpha value is -0.0800. The Morgan fingerprint density at radius 1 is 1.07 bits per heavy atom. The van der Waals surface area contributed by atoms with Crippen molar-refractivity contribution in [3.8, 4) is 0 Å². The topological polar surface area (TPSA) is 15.3 Å². The molecule has 2 rings (SSSR count). The van der Waals surface area contributed by atoms with E-state index in [0.717, 1.165) is 12.1 Å². The van der Waals surface area contributed by atoms with Gasteiger partial charge in [-0.05, 0) is 38.8 Å². The first-order valence-corrected chi connectivity index (χ1v) is 6.87. The Labute approximate surface area is 94.4 Å². The molecule has 0 aromatic heterocycles. The summed E-state index contributed by atoms with van der Waals surface area (Å²) in [6.07, 6.45) is 10.0. The highest BCUT2D eigenvalue weighted by Gasteiger charge is 2.23. The Morgan fingerprint density at radius 2 is 1.87 bits per heavy atom. The van der Waals surface area contributed by atoms with Gasteiger partial charge >= 0.3 is 0 Å². The van der Waals surface area contributed by atoms with Crippen LogP contribution in [0, 0.1) is 0 Å². The fourth-order valence-corrected chi connectivity index (χ4v) is 3.18. The van der Waals surface area contributed by atoms with Gasteiger partial charge < -0.3 is 5.32 Å². The van der Waals surface area contributed by atoms with E-state index >= 15 is 0 Å². The van der Waals surface area contributed by atoms with Gasteiger partial charge in [0.2, 0.25) is 0 Å². The van der Waals surface area contributed by atoms with E-state index in [1.54, 1.807) is 0 Å². The van der Waals surface area contributed by atoms with Crippen molar-refractivity contribution in [2.45, 2.75) is 64.0 Å². The SMILES string of the molecule is CCN(C[C@@H]1CCCN1)C1CCCCC1. The fourth-order valence-electron chi connectivity index (χ4n) is 3.18. The first-order valence-electron chi connectivity index (χ1n) is 6.87. The molecule has 1 atom stereocenters. The summed E-state index contributed by atoms with van der Waals surface area (Å²) in [5.41, 5.74) is 0. The summed E-state index contributed by atoms with van der Waals surface area (Å²) in [6, 6.07) is 1.68. The molecular weight excluding hydrogens is 184 g/mol. The number of hydrogen-bond acceptors (Lipinski definition) is 2. The van der Waals surface area contributed by atoms with Crippen LogP contribution in [-0.2, 0) is 0 Å². The maximum atomic E-state index is 3.62. The van der Waals surface area contributed by atoms with Crippen LogP contribution in [0.2, 0.25) is 0 Å². The predicted molar refractivity (Wildman–Crippen MR) is 65.1 cm³/mol. The summed E-state index contributed by atoms with van der Waals surface area (Å²) in [5.74, 6) is 0. The van der Waals surface area contributed by atoms with E-state index < -0.39 is 0 Å². The van der Waals surface area contributed by atoms with Crippen LogP contribution in [-0.4, -0.2) is 36.6 Å². The summed E-state index contributed by atoms with van der Waals surface area (Å²) >= 11 is 0. The molecular formula is C13H26N2. The fraction of sp³-hybridized carbons (Fsp3) is 1.00. The van der Waals surface area contributed by atoms with Gasteiger partial charge in [0.1, 0.15) is 0 Å². The van der Waals surface area contributed by atoms with Gasteiger partial charge in [-0.1, -0.05) is 26.2 Å². The van der Waals surface area contributed by atoms with Crippen molar-refractivity contribution in [3.63, 3.8) is 0 Å². The molecule has 2 fully saturated rings. The summed E-state index contributed by atoms with van der Waals surface area (Å²) in [4.78, 5) is 2.72. The van der Waals surface area contributed by atoms with Crippen LogP contribution >= 0.6 is 0 Å². The van der Waals surface area contributed by atoms with E-state index in [1.165, 1.54) is 64.6 Å². The molecule has 1 saturated heterocycles. The summed E-state index contributed by atoms with van der Waals surface area (Å²) in [6.45, 7) is 6.10. The monoisotopic (exact) mass is 210 g/mol. The average molecular weight is 210 g/mol. The zero-order chi connectivity index (χ0) is 10.5. The molecule has 1 saturated carbocycles. The molecule has 1 heterocycles. The molecule has 15 heavy (non-hydrogen) atoms. The molecule has 0 amide bonds. The lowest BCUT2D eigenvalue weighted by Crippen LogP contribution is -2.44. The van der Waals surface area contributed by atoms with Crippen LogP contribution in [0.5, 0.6) is 0 Å². The molecule has 88 valence electrons. The molecule has 1 aliphatic heterocycles. The molecule has 2 nitrogen and oxygen atoms in total. The third-order valence-corrected chi connectivity index (χ3v) is 4.11. The van der Waals surface area contributed by atoms with Gasteiger partial charge in [-0.25, -0.2) is 0 Å². The number of rotatable bonds is 4. The molecule has 1 N–H and O–H groups in total. The molecule has 0 aromatic carbocycles. The van der Waals surface area contributed by atoms with Gasteiger partial charge in [-0.2, -0.15) is 0 Å². The second-order valence-corrected chi connectivity index (χ2v) is 5.17. The van der Waals surface area contributed by atoms with Crippen LogP contribution in [0.3, 0.4) is 0 Å². The van der Waals surface area contributed by atoms with Crippen molar-refractivity contribution in [3.05, 3.63) is 0 Å². The van der Waals surface area contributed by atoms with E-state index in [2.05, 4.69) is 17.1 Å². The average Bonchev–Trinajstić information content (AvgIpc) is 2.80. The summed E-state index contributed by atoms with van der Waals surface area (Å²) in [5, 5.41) is 3.62. The molecule has 0 radical (unpaired) electrons. The number of nitrogens with one attached hydrogen (secondary N) is 1. The maximum Gasteiger partial charge on any atom is 0.0195 e. The Morgan fingerprint density at radius 3 is 2.47 bits per heavy atom. The van der Waals surface area contributed by atoms with Gasteiger partial charge in [0.05, 0.1) is 0 Å². The van der Waals surface area contributed by atoms with Gasteiger partial charge in [0.15, 0.2) is 0 Å². The summed E-state index contributed by atoms with van der Waals surface area (Å²) in [7, 11) is 0. The number of hydrogen-bond donors (Lipinski definition) is 1. The highest BCUT2D eigenvalue weighted by atomic mass is 15.2. The molecule has 0 spiro atoms. The first-order chi connectivity index (χ1) is 7.40. The predicted octanol–water partition coefficient (Wildman–Crippen LogP) is 2.39. The van der Waals surface area contributed by atoms with Crippen molar-refractivity contribution >= 4 is 0 Å². The standard InChI is InChI=1S/C13H26N2/c1-2-15(11-12-7-6-10-14-12)13-8-4-3-5-9-13/h12-14H,2-11H2,1H3/t12-/m0/s1. The van der Waals surface area contributed by atoms with Crippen molar-refractivity contribution < 1.29 is 0 Å². The van der Waals surface area contributed by atoms with Crippen LogP contribution in [0.15, 0.2) is 0 Å². The minimum absolute atomic E-state index is 0.784. The van der Waals surface area contributed by atoms with Gasteiger partial charge in [-0.15, -0.1) is 0 Å². The van der Waals surface area contributed by atoms with Gasteiger partial charge in [0.25, 0.3) is 0 Å². The molecule has 0 bridgehead atoms. The second kappa shape index (κ2) is 5.86. The van der Waals surface area contributed by atoms with Crippen LogP contribution in [0.4, 0.5) is 0 Å². The minimum atomic E-state index is 0.784. The van der Waals surface area contributed by atoms with Crippen molar-refractivity contribution in [1.29, 1.82) is 0 Å². The highest BCUT2D eigenvalue weighted by molar-refractivity contribution is 4.82. The molecule has 0 unspecified atom stereocenters. The normalized spacial score (nSPS) is 28.8. The van der Waals surface area contributed by atoms with Crippen LogP contribution < -0.4 is 5.32 Å². The summed E-state index contributed by atoms with van der Waals surface area (Å²) < 4.78 is 0. The second-order valence-electron chi connectivity index (χ2n) is 5.17. The Balaban J connectivity index is 1.79. The van der Waals surface area contributed by atoms with E-state index in [1.807, 2.05) is 0 Å². The van der Waals surface area contributed by atoms with E-state index in [9.17, 15) is 0 Å². The Bertz CT molecular complexity index is 169. The lowest BCUT2D eigenvalue weighted by molar-refractivity contribution is 0.151. The number of likely N-dealkylation sites (N-methyl/N-ethyl adjacent to an activating group) is 1. The highest BCUT2D eigenvalue weighted by Crippen LogP contribution is 2.23. The third kappa shape index (κ3) is 3.18. The Kier molecular flexibility index (Phi) is 4.45. The van der Waals surface area contributed by atoms with E-state index in [0.29, 0.717) is 0 Å². The molecule has 2 heteroatoms. The zero-order valence-corrected chi connectivity index (χ0v) is 10.2. The molecule has 1 aliphatic carbocycles. The molecule has 0 aromatic rings. The van der Waals surface area contributed by atoms with Gasteiger partial charge in [0, 0.05) is 18.6 Å². The number of nitrogens with zero attached hydrogens (tertiary/aromatic N) is 1. The largest absolute Gasteiger partial charge is 0.313 e. The smallest absolute Gasteiger partial charge is 0.0195 e. The van der Waals surface area contributed by atoms with Crippen molar-refractivity contribution in [1.82, 2.24) is 10.2 Å². The lowest BCUT2D eigenvalue weighted by atomic mass is 9.94. The van der Waals surface area contributed by atoms with Crippen molar-refractivity contribution in [2.75, 3.05) is 19.6 Å². The maximum absolute atomic E-state index is 3.62. The van der Waals surface area contributed by atoms with Crippen molar-refractivity contribution in [2.24, 2.45) is 0 Å². The third-order valence-electron chi connectivity index (χ3n) is 4.11. The molecule has 2 aliphatic rings. The quantitative estimate of drug-likeness (QED) is 0.766. The zero-order valence-electron chi connectivity index (χ0n) is 10.2.